The van der Waals surface area contributed by atoms with Gasteiger partial charge in [-0.05, 0) is 38.5 Å². The first-order chi connectivity index (χ1) is 9.19. The molecule has 0 aromatic heterocycles. The van der Waals surface area contributed by atoms with Gasteiger partial charge in [0.05, 0.1) is 0 Å². The van der Waals surface area contributed by atoms with Crippen LogP contribution in [0.3, 0.4) is 0 Å². The molecule has 2 rings (SSSR count). The number of rotatable bonds is 6. The van der Waals surface area contributed by atoms with E-state index in [1.807, 2.05) is 19.2 Å². The van der Waals surface area contributed by atoms with E-state index < -0.39 is 6.61 Å². The first-order valence-electron chi connectivity index (χ1n) is 6.58. The molecule has 20 heavy (non-hydrogen) atoms. The summed E-state index contributed by atoms with van der Waals surface area (Å²) in [5.41, 5.74) is 0.827. The molecule has 114 valence electrons. The molecule has 1 saturated heterocycles. The van der Waals surface area contributed by atoms with Crippen LogP contribution < -0.4 is 10.1 Å². The van der Waals surface area contributed by atoms with Crippen molar-refractivity contribution in [3.05, 3.63) is 29.8 Å². The van der Waals surface area contributed by atoms with Crippen LogP contribution in [0.15, 0.2) is 24.3 Å². The van der Waals surface area contributed by atoms with Gasteiger partial charge in [0, 0.05) is 18.7 Å². The minimum atomic E-state index is -2.77. The van der Waals surface area contributed by atoms with Gasteiger partial charge in [0.2, 0.25) is 0 Å². The highest BCUT2D eigenvalue weighted by molar-refractivity contribution is 5.85. The molecular formula is C14H21ClF2N2O. The van der Waals surface area contributed by atoms with Gasteiger partial charge >= 0.3 is 6.61 Å². The van der Waals surface area contributed by atoms with Crippen LogP contribution in [-0.2, 0) is 6.54 Å². The predicted molar refractivity (Wildman–Crippen MR) is 77.6 cm³/mol. The molecule has 0 amide bonds. The molecular weight excluding hydrogens is 286 g/mol. The molecule has 3 nitrogen and oxygen atoms in total. The third kappa shape index (κ3) is 4.89. The smallest absolute Gasteiger partial charge is 0.387 e. The maximum Gasteiger partial charge on any atom is 0.387 e. The highest BCUT2D eigenvalue weighted by Crippen LogP contribution is 2.24. The van der Waals surface area contributed by atoms with Gasteiger partial charge in [-0.3, -0.25) is 4.90 Å². The highest BCUT2D eigenvalue weighted by atomic mass is 35.5. The number of alkyl halides is 2. The second-order valence-corrected chi connectivity index (χ2v) is 4.93. The third-order valence-corrected chi connectivity index (χ3v) is 3.45. The Morgan fingerprint density at radius 2 is 2.15 bits per heavy atom. The maximum atomic E-state index is 12.3. The molecule has 0 radical (unpaired) electrons. The predicted octanol–water partition coefficient (Wildman–Crippen LogP) is 2.75. The van der Waals surface area contributed by atoms with Gasteiger partial charge in [0.15, 0.2) is 0 Å². The van der Waals surface area contributed by atoms with Crippen molar-refractivity contribution in [1.82, 2.24) is 10.2 Å². The lowest BCUT2D eigenvalue weighted by atomic mass is 10.1. The minimum absolute atomic E-state index is 0. The summed E-state index contributed by atoms with van der Waals surface area (Å²) in [6.45, 7) is 0.922. The van der Waals surface area contributed by atoms with E-state index in [-0.39, 0.29) is 18.2 Å². The van der Waals surface area contributed by atoms with Crippen molar-refractivity contribution < 1.29 is 13.5 Å². The van der Waals surface area contributed by atoms with Crippen molar-refractivity contribution in [2.75, 3.05) is 26.7 Å². The van der Waals surface area contributed by atoms with Crippen molar-refractivity contribution >= 4 is 12.4 Å². The quantitative estimate of drug-likeness (QED) is 0.874. The lowest BCUT2D eigenvalue weighted by Crippen LogP contribution is -2.24. The zero-order valence-electron chi connectivity index (χ0n) is 11.5. The topological polar surface area (TPSA) is 24.5 Å². The number of likely N-dealkylation sites (tertiary alicyclic amines) is 1. The number of nitrogens with zero attached hydrogens (tertiary/aromatic N) is 1. The summed E-state index contributed by atoms with van der Waals surface area (Å²) >= 11 is 0. The first kappa shape index (κ1) is 17.1. The Labute approximate surface area is 124 Å². The normalized spacial score (nSPS) is 19.1. The van der Waals surface area contributed by atoms with Gasteiger partial charge in [-0.1, -0.05) is 18.2 Å². The summed E-state index contributed by atoms with van der Waals surface area (Å²) in [4.78, 5) is 2.29. The number of hydrogen-bond acceptors (Lipinski definition) is 3. The molecule has 1 N–H and O–H groups in total. The zero-order chi connectivity index (χ0) is 13.7. The summed E-state index contributed by atoms with van der Waals surface area (Å²) in [7, 11) is 1.95. The molecule has 1 aromatic carbocycles. The molecule has 1 unspecified atom stereocenters. The van der Waals surface area contributed by atoms with E-state index in [2.05, 4.69) is 15.0 Å². The molecule has 0 saturated carbocycles. The molecule has 1 aliphatic rings. The molecule has 1 heterocycles. The van der Waals surface area contributed by atoms with Crippen LogP contribution in [0.1, 0.15) is 12.0 Å². The van der Waals surface area contributed by atoms with Crippen LogP contribution in [0.2, 0.25) is 0 Å². The van der Waals surface area contributed by atoms with Gasteiger partial charge < -0.3 is 10.1 Å². The van der Waals surface area contributed by atoms with Crippen molar-refractivity contribution in [3.63, 3.8) is 0 Å². The first-order valence-corrected chi connectivity index (χ1v) is 6.58. The number of benzene rings is 1. The maximum absolute atomic E-state index is 12.3. The Balaban J connectivity index is 0.00000200. The Bertz CT molecular complexity index is 407. The molecule has 1 aliphatic heterocycles. The Hall–Kier alpha value is -0.910. The molecule has 1 fully saturated rings. The number of para-hydroxylation sites is 1. The summed E-state index contributed by atoms with van der Waals surface area (Å²) in [5, 5.41) is 3.18. The Kier molecular flexibility index (Phi) is 7.19. The number of hydrogen-bond donors (Lipinski definition) is 1. The summed E-state index contributed by atoms with van der Waals surface area (Å²) in [6.07, 6.45) is 1.15. The molecule has 0 aliphatic carbocycles. The molecule has 1 aromatic rings. The van der Waals surface area contributed by atoms with Crippen LogP contribution in [0.5, 0.6) is 5.75 Å². The van der Waals surface area contributed by atoms with E-state index in [0.29, 0.717) is 12.5 Å². The fourth-order valence-electron chi connectivity index (χ4n) is 2.60. The van der Waals surface area contributed by atoms with Crippen LogP contribution in [0.25, 0.3) is 0 Å². The van der Waals surface area contributed by atoms with Crippen LogP contribution in [-0.4, -0.2) is 38.2 Å². The molecule has 0 bridgehead atoms. The number of nitrogens with one attached hydrogen (secondary N) is 1. The standard InChI is InChI=1S/C14H20F2N2O.ClH/c1-17-8-11-6-7-18(9-11)10-12-4-2-3-5-13(12)19-14(15)16;/h2-5,11,14,17H,6-10H2,1H3;1H. The van der Waals surface area contributed by atoms with Gasteiger partial charge in [0.1, 0.15) is 5.75 Å². The van der Waals surface area contributed by atoms with E-state index in [1.165, 1.54) is 0 Å². The van der Waals surface area contributed by atoms with Gasteiger partial charge in [-0.25, -0.2) is 0 Å². The van der Waals surface area contributed by atoms with Gasteiger partial charge in [-0.2, -0.15) is 8.78 Å². The highest BCUT2D eigenvalue weighted by Gasteiger charge is 2.22. The van der Waals surface area contributed by atoms with Crippen LogP contribution in [0, 0.1) is 5.92 Å². The zero-order valence-corrected chi connectivity index (χ0v) is 12.3. The summed E-state index contributed by atoms with van der Waals surface area (Å²) < 4.78 is 29.2. The molecule has 1 atom stereocenters. The largest absolute Gasteiger partial charge is 0.434 e. The SMILES string of the molecule is CNCC1CCN(Cc2ccccc2OC(F)F)C1.Cl. The molecule has 0 spiro atoms. The lowest BCUT2D eigenvalue weighted by molar-refractivity contribution is -0.0507. The van der Waals surface area contributed by atoms with Crippen molar-refractivity contribution in [3.8, 4) is 5.75 Å². The van der Waals surface area contributed by atoms with E-state index in [4.69, 9.17) is 0 Å². The fourth-order valence-corrected chi connectivity index (χ4v) is 2.60. The van der Waals surface area contributed by atoms with Gasteiger partial charge in [-0.15, -0.1) is 12.4 Å². The van der Waals surface area contributed by atoms with E-state index in [1.54, 1.807) is 12.1 Å². The van der Waals surface area contributed by atoms with Crippen molar-refractivity contribution in [1.29, 1.82) is 0 Å². The van der Waals surface area contributed by atoms with E-state index >= 15 is 0 Å². The third-order valence-electron chi connectivity index (χ3n) is 3.45. The van der Waals surface area contributed by atoms with E-state index in [0.717, 1.165) is 31.6 Å². The fraction of sp³-hybridized carbons (Fsp3) is 0.571. The second kappa shape index (κ2) is 8.39. The lowest BCUT2D eigenvalue weighted by Gasteiger charge is -2.18. The number of halogens is 3. The van der Waals surface area contributed by atoms with Crippen molar-refractivity contribution in [2.45, 2.75) is 19.6 Å². The summed E-state index contributed by atoms with van der Waals surface area (Å²) in [5.74, 6) is 0.933. The van der Waals surface area contributed by atoms with E-state index in [9.17, 15) is 8.78 Å². The van der Waals surface area contributed by atoms with Crippen LogP contribution in [0.4, 0.5) is 8.78 Å². The minimum Gasteiger partial charge on any atom is -0.434 e. The average Bonchev–Trinajstić information content (AvgIpc) is 2.79. The van der Waals surface area contributed by atoms with Crippen LogP contribution >= 0.6 is 12.4 Å². The Morgan fingerprint density at radius 1 is 1.40 bits per heavy atom. The van der Waals surface area contributed by atoms with Gasteiger partial charge in [0.25, 0.3) is 0 Å². The van der Waals surface area contributed by atoms with Crippen molar-refractivity contribution in [2.24, 2.45) is 5.92 Å². The average molecular weight is 307 g/mol. The Morgan fingerprint density at radius 3 is 2.85 bits per heavy atom. The summed E-state index contributed by atoms with van der Waals surface area (Å²) in [6, 6.07) is 7.02. The second-order valence-electron chi connectivity index (χ2n) is 4.93. The monoisotopic (exact) mass is 306 g/mol. The molecule has 6 heteroatoms. The number of ether oxygens (including phenoxy) is 1.